The molecule has 0 rings (SSSR count). The van der Waals surface area contributed by atoms with Crippen molar-refractivity contribution in [3.63, 3.8) is 0 Å². The number of hydrogen-bond donors (Lipinski definition) is 1. The zero-order valence-electron chi connectivity index (χ0n) is 4.19. The van der Waals surface area contributed by atoms with E-state index in [0.29, 0.717) is 15.1 Å². The molecule has 8 heavy (non-hydrogen) atoms. The highest BCUT2D eigenvalue weighted by Crippen LogP contribution is 2.08. The van der Waals surface area contributed by atoms with E-state index in [1.54, 1.807) is 0 Å². The van der Waals surface area contributed by atoms with Crippen LogP contribution in [0.4, 0.5) is 0 Å². The summed E-state index contributed by atoms with van der Waals surface area (Å²) in [7, 11) is 0. The minimum Gasteiger partial charge on any atom is -0.385 e. The van der Waals surface area contributed by atoms with Gasteiger partial charge in [-0.25, -0.2) is 0 Å². The molecule has 0 atom stereocenters. The Labute approximate surface area is 63.3 Å². The highest BCUT2D eigenvalue weighted by Gasteiger charge is 1.90. The van der Waals surface area contributed by atoms with Crippen LogP contribution in [0.15, 0.2) is 11.6 Å². The number of hydrogen-bond acceptors (Lipinski definition) is 2. The molecule has 2 N–H and O–H groups in total. The van der Waals surface area contributed by atoms with Crippen LogP contribution >= 0.6 is 35.6 Å². The molecule has 0 heterocycles. The molecule has 0 aromatic carbocycles. The lowest BCUT2D eigenvalue weighted by Crippen LogP contribution is -2.02. The molecular weight excluding hydrogens is 162 g/mol. The number of thiocarbonyl (C=S) groups is 1. The SMILES string of the molecule is C=C(Cl)CSC(N)=S. The molecule has 0 aliphatic heterocycles. The molecule has 0 saturated heterocycles. The first-order chi connectivity index (χ1) is 3.63. The Morgan fingerprint density at radius 3 is 2.50 bits per heavy atom. The molecular formula is C4H6ClNS2. The maximum Gasteiger partial charge on any atom is 0.131 e. The molecule has 0 spiro atoms. The van der Waals surface area contributed by atoms with Gasteiger partial charge >= 0.3 is 0 Å². The summed E-state index contributed by atoms with van der Waals surface area (Å²) in [5, 5.41) is 0.572. The molecule has 0 aliphatic rings. The summed E-state index contributed by atoms with van der Waals surface area (Å²) < 4.78 is 0.409. The summed E-state index contributed by atoms with van der Waals surface area (Å²) in [6.45, 7) is 3.46. The second-order valence-corrected chi connectivity index (χ2v) is 3.37. The molecule has 46 valence electrons. The Bertz CT molecular complexity index is 98.6. The number of halogens is 1. The molecule has 0 radical (unpaired) electrons. The van der Waals surface area contributed by atoms with Crippen molar-refractivity contribution in [3.05, 3.63) is 11.6 Å². The van der Waals surface area contributed by atoms with Crippen molar-refractivity contribution in [1.82, 2.24) is 0 Å². The van der Waals surface area contributed by atoms with Gasteiger partial charge in [-0.2, -0.15) is 0 Å². The first-order valence-corrected chi connectivity index (χ1v) is 3.65. The lowest BCUT2D eigenvalue weighted by Gasteiger charge is -1.92. The minimum absolute atomic E-state index is 0.409. The molecule has 0 fully saturated rings. The average Bonchev–Trinajstić information content (AvgIpc) is 1.61. The quantitative estimate of drug-likeness (QED) is 0.635. The second-order valence-electron chi connectivity index (χ2n) is 1.12. The van der Waals surface area contributed by atoms with Gasteiger partial charge in [-0.1, -0.05) is 42.2 Å². The van der Waals surface area contributed by atoms with Crippen LogP contribution in [0.25, 0.3) is 0 Å². The van der Waals surface area contributed by atoms with Crippen LogP contribution in [0.5, 0.6) is 0 Å². The highest BCUT2D eigenvalue weighted by atomic mass is 35.5. The molecule has 0 aromatic heterocycles. The predicted molar refractivity (Wildman–Crippen MR) is 44.2 cm³/mol. The molecule has 0 saturated carbocycles. The third kappa shape index (κ3) is 6.27. The Morgan fingerprint density at radius 1 is 1.88 bits per heavy atom. The van der Waals surface area contributed by atoms with E-state index in [1.807, 2.05) is 0 Å². The topological polar surface area (TPSA) is 26.0 Å². The highest BCUT2D eigenvalue weighted by molar-refractivity contribution is 8.23. The Hall–Kier alpha value is 0.270. The van der Waals surface area contributed by atoms with E-state index in [0.717, 1.165) is 0 Å². The third-order valence-electron chi connectivity index (χ3n) is 0.371. The van der Waals surface area contributed by atoms with Gasteiger partial charge in [-0.05, 0) is 0 Å². The van der Waals surface area contributed by atoms with E-state index in [4.69, 9.17) is 17.3 Å². The third-order valence-corrected chi connectivity index (χ3v) is 1.79. The van der Waals surface area contributed by atoms with Crippen LogP contribution in [-0.2, 0) is 0 Å². The number of rotatable bonds is 2. The van der Waals surface area contributed by atoms with Crippen LogP contribution in [-0.4, -0.2) is 10.1 Å². The van der Waals surface area contributed by atoms with E-state index < -0.39 is 0 Å². The molecule has 0 amide bonds. The fourth-order valence-electron chi connectivity index (χ4n) is 0.149. The molecule has 4 heteroatoms. The Kier molecular flexibility index (Phi) is 4.32. The fraction of sp³-hybridized carbons (Fsp3) is 0.250. The van der Waals surface area contributed by atoms with Crippen LogP contribution in [0.3, 0.4) is 0 Å². The fourth-order valence-corrected chi connectivity index (χ4v) is 0.789. The van der Waals surface area contributed by atoms with Crippen molar-refractivity contribution in [2.24, 2.45) is 5.73 Å². The minimum atomic E-state index is 0.409. The van der Waals surface area contributed by atoms with Crippen molar-refractivity contribution in [1.29, 1.82) is 0 Å². The van der Waals surface area contributed by atoms with Crippen molar-refractivity contribution in [2.45, 2.75) is 0 Å². The summed E-state index contributed by atoms with van der Waals surface area (Å²) in [6.07, 6.45) is 0. The number of thioether (sulfide) groups is 1. The van der Waals surface area contributed by atoms with Crippen molar-refractivity contribution >= 4 is 39.9 Å². The first kappa shape index (κ1) is 8.27. The van der Waals surface area contributed by atoms with Crippen LogP contribution in [0, 0.1) is 0 Å². The monoisotopic (exact) mass is 167 g/mol. The average molecular weight is 168 g/mol. The largest absolute Gasteiger partial charge is 0.385 e. The van der Waals surface area contributed by atoms with E-state index >= 15 is 0 Å². The summed E-state index contributed by atoms with van der Waals surface area (Å²) in [5.41, 5.74) is 5.14. The van der Waals surface area contributed by atoms with Gasteiger partial charge in [-0.15, -0.1) is 0 Å². The van der Waals surface area contributed by atoms with E-state index in [1.165, 1.54) is 11.8 Å². The van der Waals surface area contributed by atoms with Crippen LogP contribution in [0.2, 0.25) is 0 Å². The molecule has 0 aromatic rings. The first-order valence-electron chi connectivity index (χ1n) is 1.88. The van der Waals surface area contributed by atoms with Gasteiger partial charge in [0.25, 0.3) is 0 Å². The molecule has 0 aliphatic carbocycles. The smallest absolute Gasteiger partial charge is 0.131 e. The Balaban J connectivity index is 3.18. The van der Waals surface area contributed by atoms with E-state index in [2.05, 4.69) is 18.8 Å². The van der Waals surface area contributed by atoms with Gasteiger partial charge < -0.3 is 5.73 Å². The van der Waals surface area contributed by atoms with Gasteiger partial charge in [0.15, 0.2) is 0 Å². The van der Waals surface area contributed by atoms with Crippen molar-refractivity contribution < 1.29 is 0 Å². The molecule has 0 bridgehead atoms. The lowest BCUT2D eigenvalue weighted by molar-refractivity contribution is 1.75. The summed E-state index contributed by atoms with van der Waals surface area (Å²) >= 11 is 11.3. The van der Waals surface area contributed by atoms with Crippen LogP contribution in [0.1, 0.15) is 0 Å². The summed E-state index contributed by atoms with van der Waals surface area (Å²) in [4.78, 5) is 0. The van der Waals surface area contributed by atoms with Crippen LogP contribution < -0.4 is 5.73 Å². The Morgan fingerprint density at radius 2 is 2.38 bits per heavy atom. The maximum absolute atomic E-state index is 5.39. The lowest BCUT2D eigenvalue weighted by atomic mass is 10.7. The van der Waals surface area contributed by atoms with E-state index in [9.17, 15) is 0 Å². The van der Waals surface area contributed by atoms with E-state index in [-0.39, 0.29) is 0 Å². The zero-order valence-corrected chi connectivity index (χ0v) is 6.57. The van der Waals surface area contributed by atoms with Gasteiger partial charge in [0.05, 0.1) is 0 Å². The molecule has 0 unspecified atom stereocenters. The van der Waals surface area contributed by atoms with Crippen molar-refractivity contribution in [2.75, 3.05) is 5.75 Å². The van der Waals surface area contributed by atoms with Crippen molar-refractivity contribution in [3.8, 4) is 0 Å². The standard InChI is InChI=1S/C4H6ClNS2/c1-3(5)2-8-4(6)7/h1-2H2,(H2,6,7). The van der Waals surface area contributed by atoms with Gasteiger partial charge in [0, 0.05) is 10.8 Å². The zero-order chi connectivity index (χ0) is 6.57. The number of nitrogens with two attached hydrogens (primary N) is 1. The second kappa shape index (κ2) is 4.18. The van der Waals surface area contributed by atoms with Gasteiger partial charge in [-0.3, -0.25) is 0 Å². The van der Waals surface area contributed by atoms with Gasteiger partial charge in [0.2, 0.25) is 0 Å². The summed E-state index contributed by atoms with van der Waals surface area (Å²) in [6, 6.07) is 0. The van der Waals surface area contributed by atoms with Gasteiger partial charge in [0.1, 0.15) is 4.32 Å². The summed E-state index contributed by atoms with van der Waals surface area (Å²) in [5.74, 6) is 0.608. The predicted octanol–water partition coefficient (Wildman–Crippen LogP) is 1.72. The maximum atomic E-state index is 5.39. The normalized spacial score (nSPS) is 8.62. The molecule has 1 nitrogen and oxygen atoms in total.